The van der Waals surface area contributed by atoms with E-state index in [2.05, 4.69) is 11.4 Å². The van der Waals surface area contributed by atoms with E-state index in [0.717, 1.165) is 27.8 Å². The number of aryl methyl sites for hydroxylation is 1. The molecule has 2 amide bonds. The fourth-order valence-electron chi connectivity index (χ4n) is 3.37. The molecular weight excluding hydrogens is 380 g/mol. The first-order chi connectivity index (χ1) is 14.4. The Morgan fingerprint density at radius 1 is 1.03 bits per heavy atom. The average Bonchev–Trinajstić information content (AvgIpc) is 2.72. The van der Waals surface area contributed by atoms with Crippen LogP contribution in [-0.4, -0.2) is 43.7 Å². The van der Waals surface area contributed by atoms with Crippen molar-refractivity contribution in [1.82, 2.24) is 10.2 Å². The van der Waals surface area contributed by atoms with Crippen molar-refractivity contribution in [3.8, 4) is 16.9 Å². The highest BCUT2D eigenvalue weighted by atomic mass is 16.5. The number of urea groups is 1. The summed E-state index contributed by atoms with van der Waals surface area (Å²) < 4.78 is 10.7. The lowest BCUT2D eigenvalue weighted by Gasteiger charge is -2.23. The number of hydrogen-bond acceptors (Lipinski definition) is 4. The molecule has 1 N–H and O–H groups in total. The second kappa shape index (κ2) is 11.2. The Balaban J connectivity index is 2.47. The molecule has 30 heavy (non-hydrogen) atoms. The van der Waals surface area contributed by atoms with Crippen LogP contribution in [0, 0.1) is 6.92 Å². The van der Waals surface area contributed by atoms with Crippen molar-refractivity contribution in [3.63, 3.8) is 0 Å². The van der Waals surface area contributed by atoms with E-state index in [4.69, 9.17) is 9.47 Å². The van der Waals surface area contributed by atoms with Crippen LogP contribution in [0.3, 0.4) is 0 Å². The minimum absolute atomic E-state index is 0.0875. The molecule has 2 rings (SSSR count). The summed E-state index contributed by atoms with van der Waals surface area (Å²) in [6, 6.07) is 11.8. The van der Waals surface area contributed by atoms with Crippen molar-refractivity contribution < 1.29 is 19.1 Å². The first-order valence-electron chi connectivity index (χ1n) is 10.4. The normalized spacial score (nSPS) is 10.4. The zero-order chi connectivity index (χ0) is 22.1. The van der Waals surface area contributed by atoms with Crippen LogP contribution in [0.2, 0.25) is 0 Å². The van der Waals surface area contributed by atoms with Gasteiger partial charge >= 0.3 is 12.0 Å². The van der Waals surface area contributed by atoms with Crippen molar-refractivity contribution in [2.45, 2.75) is 40.7 Å². The van der Waals surface area contributed by atoms with Gasteiger partial charge in [-0.05, 0) is 56.5 Å². The Labute approximate surface area is 179 Å². The second-order valence-electron chi connectivity index (χ2n) is 7.03. The van der Waals surface area contributed by atoms with E-state index in [-0.39, 0.29) is 18.4 Å². The number of nitrogens with one attached hydrogen (secondary N) is 1. The van der Waals surface area contributed by atoms with Crippen LogP contribution >= 0.6 is 0 Å². The number of ether oxygens (including phenoxy) is 2. The van der Waals surface area contributed by atoms with Gasteiger partial charge in [0.05, 0.1) is 20.1 Å². The Morgan fingerprint density at radius 3 is 2.43 bits per heavy atom. The van der Waals surface area contributed by atoms with E-state index in [1.165, 1.54) is 0 Å². The van der Waals surface area contributed by atoms with E-state index in [1.54, 1.807) is 18.9 Å². The van der Waals surface area contributed by atoms with E-state index in [1.807, 2.05) is 51.1 Å². The van der Waals surface area contributed by atoms with Crippen LogP contribution in [0.5, 0.6) is 5.75 Å². The first kappa shape index (κ1) is 23.3. The molecule has 6 heteroatoms. The summed E-state index contributed by atoms with van der Waals surface area (Å²) in [5.41, 5.74) is 4.86. The summed E-state index contributed by atoms with van der Waals surface area (Å²) in [5, 5.41) is 2.87. The van der Waals surface area contributed by atoms with E-state index < -0.39 is 0 Å². The maximum Gasteiger partial charge on any atom is 0.317 e. The van der Waals surface area contributed by atoms with Gasteiger partial charge in [-0.1, -0.05) is 29.8 Å². The zero-order valence-corrected chi connectivity index (χ0v) is 18.6. The van der Waals surface area contributed by atoms with Crippen molar-refractivity contribution in [2.24, 2.45) is 0 Å². The smallest absolute Gasteiger partial charge is 0.317 e. The molecule has 0 heterocycles. The first-order valence-corrected chi connectivity index (χ1v) is 10.4. The molecule has 0 aromatic heterocycles. The Bertz CT molecular complexity index is 880. The Kier molecular flexibility index (Phi) is 8.71. The molecule has 0 fully saturated rings. The third kappa shape index (κ3) is 5.99. The fourth-order valence-corrected chi connectivity index (χ4v) is 3.37. The van der Waals surface area contributed by atoms with Crippen LogP contribution in [0.4, 0.5) is 4.79 Å². The van der Waals surface area contributed by atoms with Gasteiger partial charge in [-0.2, -0.15) is 0 Å². The van der Waals surface area contributed by atoms with Crippen molar-refractivity contribution in [3.05, 3.63) is 53.1 Å². The molecule has 0 aliphatic heterocycles. The number of methoxy groups -OCH3 is 1. The highest BCUT2D eigenvalue weighted by Crippen LogP contribution is 2.34. The summed E-state index contributed by atoms with van der Waals surface area (Å²) in [7, 11) is 1.63. The van der Waals surface area contributed by atoms with Gasteiger partial charge in [-0.15, -0.1) is 0 Å². The molecule has 0 atom stereocenters. The van der Waals surface area contributed by atoms with Crippen LogP contribution in [0.1, 0.15) is 37.5 Å². The molecule has 2 aromatic rings. The lowest BCUT2D eigenvalue weighted by molar-refractivity contribution is -0.142. The van der Waals surface area contributed by atoms with Gasteiger partial charge < -0.3 is 19.7 Å². The quantitative estimate of drug-likeness (QED) is 0.623. The third-order valence-corrected chi connectivity index (χ3v) is 4.83. The van der Waals surface area contributed by atoms with Gasteiger partial charge in [0, 0.05) is 25.2 Å². The van der Waals surface area contributed by atoms with Crippen molar-refractivity contribution >= 4 is 12.0 Å². The predicted molar refractivity (Wildman–Crippen MR) is 119 cm³/mol. The highest BCUT2D eigenvalue weighted by Gasteiger charge is 2.17. The zero-order valence-electron chi connectivity index (χ0n) is 18.6. The van der Waals surface area contributed by atoms with Gasteiger partial charge in [0.25, 0.3) is 0 Å². The summed E-state index contributed by atoms with van der Waals surface area (Å²) in [6.07, 6.45) is 0.200. The molecule has 2 aromatic carbocycles. The summed E-state index contributed by atoms with van der Waals surface area (Å²) in [5.74, 6) is 0.458. The Hall–Kier alpha value is -3.02. The number of benzene rings is 2. The molecule has 0 radical (unpaired) electrons. The van der Waals surface area contributed by atoms with Crippen LogP contribution in [0.15, 0.2) is 36.4 Å². The molecule has 0 saturated carbocycles. The molecule has 0 bridgehead atoms. The van der Waals surface area contributed by atoms with Crippen LogP contribution in [-0.2, 0) is 22.5 Å². The standard InChI is InChI=1S/C24H32N2O4/c1-6-25-24(28)26(7-2)16-19-13-17(4)9-11-20(19)21-14-18(10-12-22(21)29-5)15-23(27)30-8-3/h9-14H,6-8,15-16H2,1-5H3,(H,25,28). The summed E-state index contributed by atoms with van der Waals surface area (Å²) >= 11 is 0. The number of amides is 2. The van der Waals surface area contributed by atoms with E-state index >= 15 is 0 Å². The minimum atomic E-state index is -0.258. The summed E-state index contributed by atoms with van der Waals surface area (Å²) in [6.45, 7) is 9.71. The minimum Gasteiger partial charge on any atom is -0.496 e. The van der Waals surface area contributed by atoms with Crippen LogP contribution in [0.25, 0.3) is 11.1 Å². The maximum absolute atomic E-state index is 12.4. The van der Waals surface area contributed by atoms with Gasteiger partial charge in [0.15, 0.2) is 0 Å². The number of rotatable bonds is 9. The van der Waals surface area contributed by atoms with Gasteiger partial charge in [0.2, 0.25) is 0 Å². The number of carbonyl (C=O) groups excluding carboxylic acids is 2. The van der Waals surface area contributed by atoms with E-state index in [9.17, 15) is 9.59 Å². The largest absolute Gasteiger partial charge is 0.496 e. The molecule has 0 aliphatic carbocycles. The van der Waals surface area contributed by atoms with E-state index in [0.29, 0.717) is 32.0 Å². The molecule has 162 valence electrons. The molecule has 6 nitrogen and oxygen atoms in total. The molecule has 0 unspecified atom stereocenters. The predicted octanol–water partition coefficient (Wildman–Crippen LogP) is 4.33. The highest BCUT2D eigenvalue weighted by molar-refractivity contribution is 5.78. The fraction of sp³-hybridized carbons (Fsp3) is 0.417. The molecule has 0 aliphatic rings. The number of carbonyl (C=O) groups is 2. The molecule has 0 spiro atoms. The van der Waals surface area contributed by atoms with Gasteiger partial charge in [0.1, 0.15) is 5.75 Å². The molecular formula is C24H32N2O4. The third-order valence-electron chi connectivity index (χ3n) is 4.83. The van der Waals surface area contributed by atoms with Gasteiger partial charge in [-0.3, -0.25) is 4.79 Å². The Morgan fingerprint density at radius 2 is 1.80 bits per heavy atom. The van der Waals surface area contributed by atoms with Crippen LogP contribution < -0.4 is 10.1 Å². The summed E-state index contributed by atoms with van der Waals surface area (Å²) in [4.78, 5) is 26.1. The monoisotopic (exact) mass is 412 g/mol. The second-order valence-corrected chi connectivity index (χ2v) is 7.03. The van der Waals surface area contributed by atoms with Crippen molar-refractivity contribution in [2.75, 3.05) is 26.8 Å². The topological polar surface area (TPSA) is 67.9 Å². The lowest BCUT2D eigenvalue weighted by atomic mass is 9.94. The SMILES string of the molecule is CCNC(=O)N(CC)Cc1cc(C)ccc1-c1cc(CC(=O)OCC)ccc1OC. The number of nitrogens with zero attached hydrogens (tertiary/aromatic N) is 1. The molecule has 0 saturated heterocycles. The van der Waals surface area contributed by atoms with Crippen molar-refractivity contribution in [1.29, 1.82) is 0 Å². The number of esters is 1. The lowest BCUT2D eigenvalue weighted by Crippen LogP contribution is -2.39. The average molecular weight is 413 g/mol. The maximum atomic E-state index is 12.4. The number of hydrogen-bond donors (Lipinski definition) is 1. The van der Waals surface area contributed by atoms with Gasteiger partial charge in [-0.25, -0.2) is 4.79 Å².